The largest absolute Gasteiger partial charge is 0.497 e. The zero-order chi connectivity index (χ0) is 14.9. The summed E-state index contributed by atoms with van der Waals surface area (Å²) in [5.74, 6) is 0.667. The Bertz CT molecular complexity index is 662. The molecular formula is C15H19N3O2S. The molecule has 3 rings (SSSR count). The molecule has 1 saturated carbocycles. The van der Waals surface area contributed by atoms with Crippen molar-refractivity contribution in [3.05, 3.63) is 18.2 Å². The molecule has 0 unspecified atom stereocenters. The lowest BCUT2D eigenvalue weighted by Crippen LogP contribution is -2.52. The highest BCUT2D eigenvalue weighted by Gasteiger charge is 2.35. The van der Waals surface area contributed by atoms with Gasteiger partial charge in [0.2, 0.25) is 5.91 Å². The van der Waals surface area contributed by atoms with Gasteiger partial charge in [0.25, 0.3) is 0 Å². The molecule has 6 heteroatoms. The van der Waals surface area contributed by atoms with Crippen molar-refractivity contribution >= 4 is 32.6 Å². The molecule has 1 amide bonds. The number of fused-ring (bicyclic) bond motifs is 1. The molecule has 1 aromatic carbocycles. The Kier molecular flexibility index (Phi) is 3.82. The van der Waals surface area contributed by atoms with Gasteiger partial charge < -0.3 is 15.8 Å². The van der Waals surface area contributed by atoms with E-state index in [1.54, 1.807) is 7.11 Å². The van der Waals surface area contributed by atoms with E-state index in [0.29, 0.717) is 5.13 Å². The zero-order valence-corrected chi connectivity index (χ0v) is 12.8. The van der Waals surface area contributed by atoms with Gasteiger partial charge in [-0.1, -0.05) is 30.6 Å². The number of hydrogen-bond acceptors (Lipinski definition) is 5. The molecule has 1 aromatic heterocycles. The number of thiazole rings is 1. The van der Waals surface area contributed by atoms with Crippen LogP contribution in [0.5, 0.6) is 5.75 Å². The number of nitrogens with two attached hydrogens (primary N) is 1. The standard InChI is InChI=1S/C15H19N3O2S/c1-20-10-5-6-11-12(9-10)21-14(17-11)18-13(19)15(16)7-3-2-4-8-15/h5-6,9H,2-4,7-8,16H2,1H3,(H,17,18,19). The van der Waals surface area contributed by atoms with E-state index in [-0.39, 0.29) is 5.91 Å². The molecule has 0 saturated heterocycles. The number of anilines is 1. The lowest BCUT2D eigenvalue weighted by atomic mass is 9.82. The SMILES string of the molecule is COc1ccc2nc(NC(=O)C3(N)CCCCC3)sc2c1. The highest BCUT2D eigenvalue weighted by molar-refractivity contribution is 7.22. The van der Waals surface area contributed by atoms with Crippen LogP contribution in [0.3, 0.4) is 0 Å². The minimum Gasteiger partial charge on any atom is -0.497 e. The van der Waals surface area contributed by atoms with Crippen LogP contribution < -0.4 is 15.8 Å². The van der Waals surface area contributed by atoms with Crippen molar-refractivity contribution in [2.45, 2.75) is 37.6 Å². The smallest absolute Gasteiger partial charge is 0.246 e. The van der Waals surface area contributed by atoms with Crippen LogP contribution in [-0.4, -0.2) is 23.5 Å². The number of rotatable bonds is 3. The van der Waals surface area contributed by atoms with Gasteiger partial charge in [-0.3, -0.25) is 4.79 Å². The molecule has 3 N–H and O–H groups in total. The highest BCUT2D eigenvalue weighted by atomic mass is 32.1. The Morgan fingerprint density at radius 2 is 2.14 bits per heavy atom. The Labute approximate surface area is 127 Å². The monoisotopic (exact) mass is 305 g/mol. The third kappa shape index (κ3) is 2.87. The third-order valence-electron chi connectivity index (χ3n) is 4.01. The first-order valence-electron chi connectivity index (χ1n) is 7.16. The van der Waals surface area contributed by atoms with E-state index in [9.17, 15) is 4.79 Å². The number of hydrogen-bond donors (Lipinski definition) is 2. The molecule has 2 aromatic rings. The van der Waals surface area contributed by atoms with Crippen LogP contribution in [0.25, 0.3) is 10.2 Å². The van der Waals surface area contributed by atoms with Gasteiger partial charge >= 0.3 is 0 Å². The number of benzene rings is 1. The Balaban J connectivity index is 1.79. The van der Waals surface area contributed by atoms with Crippen LogP contribution >= 0.6 is 11.3 Å². The third-order valence-corrected chi connectivity index (χ3v) is 4.95. The first-order valence-corrected chi connectivity index (χ1v) is 7.97. The van der Waals surface area contributed by atoms with Gasteiger partial charge in [-0.2, -0.15) is 0 Å². The van der Waals surface area contributed by atoms with Gasteiger partial charge in [0.1, 0.15) is 5.75 Å². The van der Waals surface area contributed by atoms with Gasteiger partial charge in [0.05, 0.1) is 22.9 Å². The number of carbonyl (C=O) groups is 1. The van der Waals surface area contributed by atoms with Crippen LogP contribution in [-0.2, 0) is 4.79 Å². The number of methoxy groups -OCH3 is 1. The summed E-state index contributed by atoms with van der Waals surface area (Å²) in [6, 6.07) is 5.67. The Hall–Kier alpha value is -1.66. The van der Waals surface area contributed by atoms with Gasteiger partial charge in [-0.25, -0.2) is 4.98 Å². The van der Waals surface area contributed by atoms with Gasteiger partial charge in [-0.05, 0) is 31.0 Å². The normalized spacial score (nSPS) is 17.6. The van der Waals surface area contributed by atoms with Crippen molar-refractivity contribution in [3.63, 3.8) is 0 Å². The van der Waals surface area contributed by atoms with Crippen LogP contribution in [0.4, 0.5) is 5.13 Å². The molecule has 5 nitrogen and oxygen atoms in total. The van der Waals surface area contributed by atoms with E-state index in [2.05, 4.69) is 10.3 Å². The molecule has 21 heavy (non-hydrogen) atoms. The Morgan fingerprint density at radius 3 is 2.86 bits per heavy atom. The summed E-state index contributed by atoms with van der Waals surface area (Å²) in [6.07, 6.45) is 4.68. The number of amides is 1. The number of nitrogens with one attached hydrogen (secondary N) is 1. The molecule has 0 spiro atoms. The second-order valence-corrected chi connectivity index (χ2v) is 6.55. The predicted molar refractivity (Wildman–Crippen MR) is 84.8 cm³/mol. The summed E-state index contributed by atoms with van der Waals surface area (Å²) in [5, 5.41) is 3.48. The minimum atomic E-state index is -0.742. The maximum absolute atomic E-state index is 12.4. The van der Waals surface area contributed by atoms with Crippen molar-refractivity contribution in [1.82, 2.24) is 4.98 Å². The Morgan fingerprint density at radius 1 is 1.38 bits per heavy atom. The fourth-order valence-corrected chi connectivity index (χ4v) is 3.61. The summed E-state index contributed by atoms with van der Waals surface area (Å²) < 4.78 is 6.18. The number of aromatic nitrogens is 1. The first kappa shape index (κ1) is 14.3. The van der Waals surface area contributed by atoms with Crippen molar-refractivity contribution < 1.29 is 9.53 Å². The molecule has 0 radical (unpaired) electrons. The van der Waals surface area contributed by atoms with Gasteiger partial charge in [0, 0.05) is 0 Å². The molecule has 1 aliphatic carbocycles. The second-order valence-electron chi connectivity index (χ2n) is 5.52. The quantitative estimate of drug-likeness (QED) is 0.914. The first-order chi connectivity index (χ1) is 10.1. The lowest BCUT2D eigenvalue weighted by molar-refractivity contribution is -0.122. The summed E-state index contributed by atoms with van der Waals surface area (Å²) >= 11 is 1.44. The minimum absolute atomic E-state index is 0.117. The average molecular weight is 305 g/mol. The second kappa shape index (κ2) is 5.61. The maximum Gasteiger partial charge on any atom is 0.246 e. The fourth-order valence-electron chi connectivity index (χ4n) is 2.72. The van der Waals surface area contributed by atoms with Crippen LogP contribution in [0.2, 0.25) is 0 Å². The summed E-state index contributed by atoms with van der Waals surface area (Å²) in [7, 11) is 1.63. The van der Waals surface area contributed by atoms with E-state index < -0.39 is 5.54 Å². The van der Waals surface area contributed by atoms with E-state index in [1.807, 2.05) is 18.2 Å². The number of carbonyl (C=O) groups excluding carboxylic acids is 1. The van der Waals surface area contributed by atoms with E-state index in [4.69, 9.17) is 10.5 Å². The van der Waals surface area contributed by atoms with Crippen LogP contribution in [0.1, 0.15) is 32.1 Å². The van der Waals surface area contributed by atoms with E-state index in [1.165, 1.54) is 11.3 Å². The van der Waals surface area contributed by atoms with Crippen molar-refractivity contribution in [2.75, 3.05) is 12.4 Å². The van der Waals surface area contributed by atoms with Crippen molar-refractivity contribution in [3.8, 4) is 5.75 Å². The number of ether oxygens (including phenoxy) is 1. The van der Waals surface area contributed by atoms with Crippen LogP contribution in [0.15, 0.2) is 18.2 Å². The molecule has 0 aliphatic heterocycles. The summed E-state index contributed by atoms with van der Waals surface area (Å²) in [4.78, 5) is 16.8. The molecule has 0 bridgehead atoms. The molecule has 0 atom stereocenters. The molecule has 1 heterocycles. The van der Waals surface area contributed by atoms with E-state index in [0.717, 1.165) is 48.1 Å². The summed E-state index contributed by atoms with van der Waals surface area (Å²) in [6.45, 7) is 0. The fraction of sp³-hybridized carbons (Fsp3) is 0.467. The highest BCUT2D eigenvalue weighted by Crippen LogP contribution is 2.31. The lowest BCUT2D eigenvalue weighted by Gasteiger charge is -2.31. The summed E-state index contributed by atoms with van der Waals surface area (Å²) in [5.41, 5.74) is 6.35. The molecule has 1 fully saturated rings. The van der Waals surface area contributed by atoms with E-state index >= 15 is 0 Å². The van der Waals surface area contributed by atoms with Crippen molar-refractivity contribution in [1.29, 1.82) is 0 Å². The van der Waals surface area contributed by atoms with Gasteiger partial charge in [0.15, 0.2) is 5.13 Å². The predicted octanol–water partition coefficient (Wildman–Crippen LogP) is 2.91. The van der Waals surface area contributed by atoms with Crippen molar-refractivity contribution in [2.24, 2.45) is 5.73 Å². The molecule has 112 valence electrons. The van der Waals surface area contributed by atoms with Crippen LogP contribution in [0, 0.1) is 0 Å². The maximum atomic E-state index is 12.4. The topological polar surface area (TPSA) is 77.2 Å². The molecular weight excluding hydrogens is 286 g/mol. The average Bonchev–Trinajstić information content (AvgIpc) is 2.89. The zero-order valence-electron chi connectivity index (χ0n) is 12.0. The van der Waals surface area contributed by atoms with Gasteiger partial charge in [-0.15, -0.1) is 0 Å². The number of nitrogens with zero attached hydrogens (tertiary/aromatic N) is 1. The molecule has 1 aliphatic rings.